The van der Waals surface area contributed by atoms with Crippen molar-refractivity contribution >= 4 is 33.9 Å². The summed E-state index contributed by atoms with van der Waals surface area (Å²) in [5.74, 6) is -2.29. The molecule has 0 heterocycles. The molecule has 0 saturated carbocycles. The number of para-hydroxylation sites is 1. The second-order valence-electron chi connectivity index (χ2n) is 6.32. The molecule has 0 aliphatic heterocycles. The van der Waals surface area contributed by atoms with E-state index in [2.05, 4.69) is 10.1 Å². The zero-order valence-electron chi connectivity index (χ0n) is 17.0. The minimum Gasteiger partial charge on any atom is -0.496 e. The summed E-state index contributed by atoms with van der Waals surface area (Å²) >= 11 is 0. The third-order valence-electron chi connectivity index (χ3n) is 3.90. The summed E-state index contributed by atoms with van der Waals surface area (Å²) in [5, 5.41) is 2.98. The van der Waals surface area contributed by atoms with Crippen molar-refractivity contribution < 1.29 is 32.3 Å². The van der Waals surface area contributed by atoms with Crippen LogP contribution in [0.25, 0.3) is 6.08 Å². The maximum atomic E-state index is 12.1. The molecular formula is C21H22N2O7S. The van der Waals surface area contributed by atoms with Crippen molar-refractivity contribution in [3.05, 3.63) is 70.6 Å². The zero-order valence-corrected chi connectivity index (χ0v) is 17.8. The number of amides is 2. The molecule has 0 fully saturated rings. The van der Waals surface area contributed by atoms with Crippen LogP contribution < -0.4 is 14.8 Å². The molecule has 0 aliphatic rings. The fourth-order valence-corrected chi connectivity index (χ4v) is 3.06. The second kappa shape index (κ2) is 11.0. The Hall–Kier alpha value is -3.50. The van der Waals surface area contributed by atoms with E-state index in [9.17, 15) is 22.8 Å². The Labute approximate surface area is 180 Å². The molecule has 0 atom stereocenters. The van der Waals surface area contributed by atoms with Gasteiger partial charge in [-0.3, -0.25) is 19.7 Å². The van der Waals surface area contributed by atoms with Crippen molar-refractivity contribution in [2.24, 2.45) is 0 Å². The summed E-state index contributed by atoms with van der Waals surface area (Å²) in [5.41, 5.74) is 1.85. The summed E-state index contributed by atoms with van der Waals surface area (Å²) in [7, 11) is -2.50. The standard InChI is InChI=1S/C21H22N2O7S/c1-15-7-9-16(10-8-15)11-12-31(27,28)22-13-20(25)30-14-19(24)23-21(26)17-5-3-4-6-18(17)29-2/h3-12,22H,13-14H2,1-2H3,(H,23,24,26)/b12-11+. The van der Waals surface area contributed by atoms with Gasteiger partial charge in [-0.15, -0.1) is 0 Å². The molecule has 0 aromatic heterocycles. The monoisotopic (exact) mass is 446 g/mol. The Kier molecular flexibility index (Phi) is 8.47. The van der Waals surface area contributed by atoms with Gasteiger partial charge < -0.3 is 9.47 Å². The summed E-state index contributed by atoms with van der Waals surface area (Å²) < 4.78 is 35.6. The van der Waals surface area contributed by atoms with Gasteiger partial charge in [-0.05, 0) is 30.7 Å². The van der Waals surface area contributed by atoms with E-state index >= 15 is 0 Å². The number of esters is 1. The number of rotatable bonds is 9. The first kappa shape index (κ1) is 23.8. The lowest BCUT2D eigenvalue weighted by molar-refractivity contribution is -0.147. The van der Waals surface area contributed by atoms with Crippen molar-refractivity contribution in [3.8, 4) is 5.75 Å². The average Bonchev–Trinajstić information content (AvgIpc) is 2.76. The molecule has 2 aromatic rings. The highest BCUT2D eigenvalue weighted by atomic mass is 32.2. The van der Waals surface area contributed by atoms with Gasteiger partial charge in [-0.25, -0.2) is 13.1 Å². The lowest BCUT2D eigenvalue weighted by Gasteiger charge is -2.09. The normalized spacial score (nSPS) is 11.2. The first-order valence-electron chi connectivity index (χ1n) is 9.07. The molecule has 2 rings (SSSR count). The van der Waals surface area contributed by atoms with Crippen LogP contribution in [0.15, 0.2) is 53.9 Å². The van der Waals surface area contributed by atoms with Gasteiger partial charge in [0.25, 0.3) is 11.8 Å². The largest absolute Gasteiger partial charge is 0.496 e. The number of hydrogen-bond acceptors (Lipinski definition) is 7. The molecule has 0 radical (unpaired) electrons. The Morgan fingerprint density at radius 1 is 1.03 bits per heavy atom. The molecular weight excluding hydrogens is 424 g/mol. The molecule has 0 aliphatic carbocycles. The molecule has 2 amide bonds. The van der Waals surface area contributed by atoms with Gasteiger partial charge >= 0.3 is 5.97 Å². The highest BCUT2D eigenvalue weighted by Crippen LogP contribution is 2.16. The van der Waals surface area contributed by atoms with E-state index in [0.717, 1.165) is 11.0 Å². The van der Waals surface area contributed by atoms with Gasteiger partial charge in [0.2, 0.25) is 10.0 Å². The smallest absolute Gasteiger partial charge is 0.321 e. The fraction of sp³-hybridized carbons (Fsp3) is 0.190. The van der Waals surface area contributed by atoms with Gasteiger partial charge in [0.05, 0.1) is 12.7 Å². The van der Waals surface area contributed by atoms with Crippen molar-refractivity contribution in [2.75, 3.05) is 20.3 Å². The van der Waals surface area contributed by atoms with Crippen LogP contribution in [-0.4, -0.2) is 46.5 Å². The van der Waals surface area contributed by atoms with Crippen LogP contribution in [0, 0.1) is 6.92 Å². The summed E-state index contributed by atoms with van der Waals surface area (Å²) in [6.45, 7) is 0.487. The lowest BCUT2D eigenvalue weighted by Crippen LogP contribution is -2.36. The number of ether oxygens (including phenoxy) is 2. The number of hydrogen-bond donors (Lipinski definition) is 2. The van der Waals surface area contributed by atoms with Crippen LogP contribution in [0.3, 0.4) is 0 Å². The van der Waals surface area contributed by atoms with E-state index in [0.29, 0.717) is 5.56 Å². The maximum absolute atomic E-state index is 12.1. The van der Waals surface area contributed by atoms with Gasteiger partial charge in [0, 0.05) is 5.41 Å². The van der Waals surface area contributed by atoms with E-state index < -0.39 is 41.0 Å². The second-order valence-corrected chi connectivity index (χ2v) is 7.97. The Morgan fingerprint density at radius 3 is 2.39 bits per heavy atom. The Balaban J connectivity index is 1.78. The van der Waals surface area contributed by atoms with Crippen molar-refractivity contribution in [2.45, 2.75) is 6.92 Å². The molecule has 164 valence electrons. The van der Waals surface area contributed by atoms with Crippen LogP contribution >= 0.6 is 0 Å². The Morgan fingerprint density at radius 2 is 1.71 bits per heavy atom. The van der Waals surface area contributed by atoms with Crippen molar-refractivity contribution in [1.82, 2.24) is 10.0 Å². The first-order chi connectivity index (χ1) is 14.7. The predicted octanol–water partition coefficient (Wildman–Crippen LogP) is 1.39. The number of benzene rings is 2. The number of sulfonamides is 1. The van der Waals surface area contributed by atoms with Crippen LogP contribution in [0.1, 0.15) is 21.5 Å². The van der Waals surface area contributed by atoms with Crippen LogP contribution in [-0.2, 0) is 24.3 Å². The highest BCUT2D eigenvalue weighted by molar-refractivity contribution is 7.92. The number of imide groups is 1. The lowest BCUT2D eigenvalue weighted by atomic mass is 10.2. The number of aryl methyl sites for hydroxylation is 1. The van der Waals surface area contributed by atoms with E-state index in [1.807, 2.05) is 23.8 Å². The van der Waals surface area contributed by atoms with Crippen LogP contribution in [0.4, 0.5) is 0 Å². The number of carbonyl (C=O) groups is 3. The third kappa shape index (κ3) is 8.03. The molecule has 2 aromatic carbocycles. The molecule has 9 nitrogen and oxygen atoms in total. The average molecular weight is 446 g/mol. The minimum absolute atomic E-state index is 0.137. The number of methoxy groups -OCH3 is 1. The van der Waals surface area contributed by atoms with E-state index in [-0.39, 0.29) is 11.3 Å². The number of nitrogens with one attached hydrogen (secondary N) is 2. The zero-order chi connectivity index (χ0) is 22.9. The summed E-state index contributed by atoms with van der Waals surface area (Å²) in [6.07, 6.45) is 1.38. The van der Waals surface area contributed by atoms with Crippen LogP contribution in [0.2, 0.25) is 0 Å². The first-order valence-corrected chi connectivity index (χ1v) is 10.6. The fourth-order valence-electron chi connectivity index (χ4n) is 2.31. The minimum atomic E-state index is -3.89. The van der Waals surface area contributed by atoms with E-state index in [4.69, 9.17) is 4.74 Å². The number of carbonyl (C=O) groups excluding carboxylic acids is 3. The quantitative estimate of drug-likeness (QED) is 0.557. The third-order valence-corrected chi connectivity index (χ3v) is 4.94. The maximum Gasteiger partial charge on any atom is 0.321 e. The van der Waals surface area contributed by atoms with Crippen molar-refractivity contribution in [1.29, 1.82) is 0 Å². The molecule has 0 spiro atoms. The van der Waals surface area contributed by atoms with Crippen LogP contribution in [0.5, 0.6) is 5.75 Å². The molecule has 0 bridgehead atoms. The SMILES string of the molecule is COc1ccccc1C(=O)NC(=O)COC(=O)CNS(=O)(=O)/C=C/c1ccc(C)cc1. The van der Waals surface area contributed by atoms with Gasteiger partial charge in [-0.1, -0.05) is 42.0 Å². The molecule has 0 unspecified atom stereocenters. The van der Waals surface area contributed by atoms with Crippen molar-refractivity contribution in [3.63, 3.8) is 0 Å². The predicted molar refractivity (Wildman–Crippen MR) is 114 cm³/mol. The summed E-state index contributed by atoms with van der Waals surface area (Å²) in [4.78, 5) is 35.6. The van der Waals surface area contributed by atoms with Gasteiger partial charge in [0.15, 0.2) is 6.61 Å². The van der Waals surface area contributed by atoms with E-state index in [1.54, 1.807) is 30.3 Å². The van der Waals surface area contributed by atoms with Gasteiger partial charge in [0.1, 0.15) is 12.3 Å². The Bertz CT molecular complexity index is 1080. The molecule has 31 heavy (non-hydrogen) atoms. The molecule has 2 N–H and O–H groups in total. The summed E-state index contributed by atoms with van der Waals surface area (Å²) in [6, 6.07) is 13.4. The van der Waals surface area contributed by atoms with E-state index in [1.165, 1.54) is 19.3 Å². The molecule has 10 heteroatoms. The molecule has 0 saturated heterocycles. The van der Waals surface area contributed by atoms with Gasteiger partial charge in [-0.2, -0.15) is 0 Å². The topological polar surface area (TPSA) is 128 Å². The highest BCUT2D eigenvalue weighted by Gasteiger charge is 2.16.